The van der Waals surface area contributed by atoms with Crippen LogP contribution < -0.4 is 0 Å². The summed E-state index contributed by atoms with van der Waals surface area (Å²) in [4.78, 5) is 11.6. The lowest BCUT2D eigenvalue weighted by Crippen LogP contribution is -2.04. The number of rotatable bonds is 19. The molecule has 0 aliphatic heterocycles. The number of carbonyl (C=O) groups excluding carboxylic acids is 1. The monoisotopic (exact) mass is 324 g/mol. The van der Waals surface area contributed by atoms with Gasteiger partial charge in [-0.3, -0.25) is 4.79 Å². The predicted molar refractivity (Wildman–Crippen MR) is 101 cm³/mol. The molecule has 0 rings (SSSR count). The summed E-state index contributed by atoms with van der Waals surface area (Å²) in [7, 11) is 0. The molecule has 0 unspecified atom stereocenters. The smallest absolute Gasteiger partial charge is 0.135 e. The summed E-state index contributed by atoms with van der Waals surface area (Å²) in [6.07, 6.45) is 20.5. The second-order valence-corrected chi connectivity index (χ2v) is 6.64. The summed E-state index contributed by atoms with van der Waals surface area (Å²) in [5.74, 6) is 0.345. The van der Waals surface area contributed by atoms with Crippen molar-refractivity contribution in [3.63, 3.8) is 0 Å². The Morgan fingerprint density at radius 2 is 1.26 bits per heavy atom. The van der Waals surface area contributed by atoms with Gasteiger partial charge in [0.2, 0.25) is 0 Å². The fourth-order valence-corrected chi connectivity index (χ4v) is 2.82. The zero-order valence-corrected chi connectivity index (χ0v) is 15.6. The van der Waals surface area contributed by atoms with Crippen LogP contribution in [-0.2, 0) is 9.53 Å². The lowest BCUT2D eigenvalue weighted by atomic mass is 10.0. The van der Waals surface area contributed by atoms with Gasteiger partial charge in [-0.25, -0.2) is 0 Å². The average Bonchev–Trinajstić information content (AvgIpc) is 2.56. The summed E-state index contributed by atoms with van der Waals surface area (Å²) < 4.78 is 5.23. The number of ether oxygens (including phenoxy) is 1. The minimum absolute atomic E-state index is 0.345. The van der Waals surface area contributed by atoms with Gasteiger partial charge in [0, 0.05) is 12.8 Å². The molecule has 2 nitrogen and oxygen atoms in total. The van der Waals surface area contributed by atoms with E-state index in [4.69, 9.17) is 4.74 Å². The zero-order chi connectivity index (χ0) is 17.0. The molecule has 0 heterocycles. The van der Waals surface area contributed by atoms with Crippen LogP contribution in [0.4, 0.5) is 0 Å². The highest BCUT2D eigenvalue weighted by molar-refractivity contribution is 5.78. The standard InChI is InChI=1S/C21H40O2/c1-3-5-6-7-8-9-10-11-12-13-14-15-16-17-21(22)18-20-23-19-4-2/h4H,2-3,5-20H2,1H3. The van der Waals surface area contributed by atoms with E-state index in [1.807, 2.05) is 0 Å². The largest absolute Gasteiger partial charge is 0.377 e. The molecule has 23 heavy (non-hydrogen) atoms. The van der Waals surface area contributed by atoms with Crippen LogP contribution in [0.5, 0.6) is 0 Å². The second-order valence-electron chi connectivity index (χ2n) is 6.64. The summed E-state index contributed by atoms with van der Waals surface area (Å²) in [6.45, 7) is 6.95. The molecule has 0 amide bonds. The van der Waals surface area contributed by atoms with Crippen LogP contribution in [-0.4, -0.2) is 19.0 Å². The van der Waals surface area contributed by atoms with Gasteiger partial charge >= 0.3 is 0 Å². The van der Waals surface area contributed by atoms with E-state index in [-0.39, 0.29) is 0 Å². The van der Waals surface area contributed by atoms with E-state index >= 15 is 0 Å². The molecule has 0 radical (unpaired) electrons. The summed E-state index contributed by atoms with van der Waals surface area (Å²) in [5.41, 5.74) is 0. The predicted octanol–water partition coefficient (Wildman–Crippen LogP) is 6.63. The molecule has 0 aliphatic carbocycles. The van der Waals surface area contributed by atoms with Crippen molar-refractivity contribution in [2.24, 2.45) is 0 Å². The summed E-state index contributed by atoms with van der Waals surface area (Å²) >= 11 is 0. The maximum Gasteiger partial charge on any atom is 0.135 e. The van der Waals surface area contributed by atoms with Gasteiger partial charge in [0.15, 0.2) is 0 Å². The van der Waals surface area contributed by atoms with E-state index in [0.29, 0.717) is 25.4 Å². The fourth-order valence-electron chi connectivity index (χ4n) is 2.82. The first-order valence-corrected chi connectivity index (χ1v) is 10.0. The van der Waals surface area contributed by atoms with Gasteiger partial charge in [-0.15, -0.1) is 6.58 Å². The van der Waals surface area contributed by atoms with Crippen LogP contribution in [0, 0.1) is 0 Å². The van der Waals surface area contributed by atoms with Gasteiger partial charge in [-0.1, -0.05) is 90.0 Å². The van der Waals surface area contributed by atoms with Crippen molar-refractivity contribution in [1.82, 2.24) is 0 Å². The van der Waals surface area contributed by atoms with Crippen LogP contribution in [0.15, 0.2) is 12.7 Å². The van der Waals surface area contributed by atoms with Crippen molar-refractivity contribution in [3.8, 4) is 0 Å². The molecule has 0 aromatic heterocycles. The third-order valence-electron chi connectivity index (χ3n) is 4.32. The second kappa shape index (κ2) is 19.4. The Kier molecular flexibility index (Phi) is 18.9. The quantitative estimate of drug-likeness (QED) is 0.197. The van der Waals surface area contributed by atoms with Crippen LogP contribution >= 0.6 is 0 Å². The number of Topliss-reactive ketones (excluding diaryl/α,β-unsaturated/α-hetero) is 1. The Hall–Kier alpha value is -0.630. The highest BCUT2D eigenvalue weighted by atomic mass is 16.5. The van der Waals surface area contributed by atoms with E-state index in [1.165, 1.54) is 77.0 Å². The van der Waals surface area contributed by atoms with Crippen molar-refractivity contribution < 1.29 is 9.53 Å². The number of hydrogen-bond donors (Lipinski definition) is 0. The fraction of sp³-hybridized carbons (Fsp3) is 0.857. The van der Waals surface area contributed by atoms with E-state index < -0.39 is 0 Å². The van der Waals surface area contributed by atoms with Crippen LogP contribution in [0.2, 0.25) is 0 Å². The van der Waals surface area contributed by atoms with Crippen LogP contribution in [0.25, 0.3) is 0 Å². The lowest BCUT2D eigenvalue weighted by molar-refractivity contribution is -0.120. The molecular formula is C21H40O2. The highest BCUT2D eigenvalue weighted by Crippen LogP contribution is 2.13. The third-order valence-corrected chi connectivity index (χ3v) is 4.32. The van der Waals surface area contributed by atoms with Crippen LogP contribution in [0.3, 0.4) is 0 Å². The van der Waals surface area contributed by atoms with Gasteiger partial charge in [-0.2, -0.15) is 0 Å². The summed E-state index contributed by atoms with van der Waals surface area (Å²) in [6, 6.07) is 0. The first-order chi connectivity index (χ1) is 11.3. The molecule has 0 fully saturated rings. The zero-order valence-electron chi connectivity index (χ0n) is 15.6. The molecule has 0 atom stereocenters. The number of ketones is 1. The average molecular weight is 325 g/mol. The van der Waals surface area contributed by atoms with Crippen molar-refractivity contribution in [2.75, 3.05) is 13.2 Å². The summed E-state index contributed by atoms with van der Waals surface area (Å²) in [5, 5.41) is 0. The molecule has 0 aromatic rings. The minimum Gasteiger partial charge on any atom is -0.377 e. The number of carbonyl (C=O) groups is 1. The van der Waals surface area contributed by atoms with E-state index in [0.717, 1.165) is 12.8 Å². The number of hydrogen-bond acceptors (Lipinski definition) is 2. The van der Waals surface area contributed by atoms with Gasteiger partial charge < -0.3 is 4.74 Å². The minimum atomic E-state index is 0.345. The van der Waals surface area contributed by atoms with Crippen LogP contribution in [0.1, 0.15) is 103 Å². The third kappa shape index (κ3) is 19.3. The molecule has 136 valence electrons. The van der Waals surface area contributed by atoms with E-state index in [9.17, 15) is 4.79 Å². The van der Waals surface area contributed by atoms with Gasteiger partial charge in [0.05, 0.1) is 13.2 Å². The normalized spacial score (nSPS) is 10.8. The first-order valence-electron chi connectivity index (χ1n) is 10.0. The van der Waals surface area contributed by atoms with Crippen molar-refractivity contribution in [2.45, 2.75) is 103 Å². The molecular weight excluding hydrogens is 284 g/mol. The molecule has 0 aromatic carbocycles. The Balaban J connectivity index is 3.09. The molecule has 0 bridgehead atoms. The van der Waals surface area contributed by atoms with Crippen molar-refractivity contribution >= 4 is 5.78 Å². The van der Waals surface area contributed by atoms with E-state index in [1.54, 1.807) is 6.08 Å². The molecule has 0 saturated carbocycles. The highest BCUT2D eigenvalue weighted by Gasteiger charge is 2.01. The van der Waals surface area contributed by atoms with E-state index in [2.05, 4.69) is 13.5 Å². The van der Waals surface area contributed by atoms with Gasteiger partial charge in [0.25, 0.3) is 0 Å². The Morgan fingerprint density at radius 3 is 1.74 bits per heavy atom. The molecule has 0 aliphatic rings. The number of unbranched alkanes of at least 4 members (excludes halogenated alkanes) is 12. The first kappa shape index (κ1) is 22.4. The maximum absolute atomic E-state index is 11.6. The van der Waals surface area contributed by atoms with Crippen molar-refractivity contribution in [1.29, 1.82) is 0 Å². The van der Waals surface area contributed by atoms with Crippen molar-refractivity contribution in [3.05, 3.63) is 12.7 Å². The lowest BCUT2D eigenvalue weighted by Gasteiger charge is -2.03. The van der Waals surface area contributed by atoms with Gasteiger partial charge in [0.1, 0.15) is 5.78 Å². The molecule has 2 heteroatoms. The van der Waals surface area contributed by atoms with Gasteiger partial charge in [-0.05, 0) is 6.42 Å². The Bertz CT molecular complexity index is 261. The molecule has 0 N–H and O–H groups in total. The SMILES string of the molecule is C=CCOCCC(=O)CCCCCCCCCCCCCCC. The molecule has 0 saturated heterocycles. The maximum atomic E-state index is 11.6. The Labute approximate surface area is 145 Å². The topological polar surface area (TPSA) is 26.3 Å². The molecule has 0 spiro atoms. The Morgan fingerprint density at radius 1 is 0.783 bits per heavy atom.